The largest absolute Gasteiger partial charge is 0.378 e. The molecule has 0 spiro atoms. The maximum Gasteiger partial charge on any atom is 0.270 e. The van der Waals surface area contributed by atoms with E-state index >= 15 is 0 Å². The van der Waals surface area contributed by atoms with Gasteiger partial charge in [-0.15, -0.1) is 0 Å². The SMILES string of the molecule is COC(CN(C)C)Cn1cc(C2=C(c3c[nH]c4ccc([N+](=O)[O-])cc34)C(=O)NC2=O)c2cc([N+](=O)[O-])ccc21. The third-order valence-electron chi connectivity index (χ3n) is 6.72. The Labute approximate surface area is 220 Å². The number of fused-ring (bicyclic) bond motifs is 2. The molecule has 200 valence electrons. The minimum absolute atomic E-state index is 0.0221. The lowest BCUT2D eigenvalue weighted by atomic mass is 9.95. The fourth-order valence-corrected chi connectivity index (χ4v) is 4.98. The molecular weight excluding hydrogens is 508 g/mol. The van der Waals surface area contributed by atoms with Gasteiger partial charge in [-0.2, -0.15) is 0 Å². The quantitative estimate of drug-likeness (QED) is 0.188. The van der Waals surface area contributed by atoms with Gasteiger partial charge in [0.05, 0.1) is 33.6 Å². The van der Waals surface area contributed by atoms with Gasteiger partial charge in [-0.05, 0) is 26.2 Å². The summed E-state index contributed by atoms with van der Waals surface area (Å²) in [6.07, 6.45) is 2.96. The van der Waals surface area contributed by atoms with Gasteiger partial charge in [0.1, 0.15) is 0 Å². The first-order valence-corrected chi connectivity index (χ1v) is 11.9. The molecule has 1 unspecified atom stereocenters. The molecular formula is C26H24N6O7. The van der Waals surface area contributed by atoms with Gasteiger partial charge in [0.25, 0.3) is 23.2 Å². The standard InChI is InChI=1S/C26H24N6O7/c1-29(2)11-16(39-3)12-30-13-20(18-9-15(32(37)38)5-7-22(18)30)24-23(25(33)28-26(24)34)19-10-27-21-6-4-14(31(35)36)8-17(19)21/h4-10,13,16,27H,11-12H2,1-3H3,(H,28,33,34). The fraction of sp³-hybridized carbons (Fsp3) is 0.231. The van der Waals surface area contributed by atoms with Crippen LogP contribution in [0.5, 0.6) is 0 Å². The van der Waals surface area contributed by atoms with Crippen molar-refractivity contribution in [3.8, 4) is 0 Å². The summed E-state index contributed by atoms with van der Waals surface area (Å²) in [7, 11) is 5.41. The lowest BCUT2D eigenvalue weighted by Crippen LogP contribution is -2.31. The third-order valence-corrected chi connectivity index (χ3v) is 6.72. The predicted molar refractivity (Wildman–Crippen MR) is 143 cm³/mol. The molecule has 0 saturated carbocycles. The van der Waals surface area contributed by atoms with Crippen LogP contribution >= 0.6 is 0 Å². The molecule has 0 aliphatic carbocycles. The van der Waals surface area contributed by atoms with Crippen LogP contribution in [0.3, 0.4) is 0 Å². The first kappa shape index (κ1) is 25.8. The number of H-pyrrole nitrogens is 1. The van der Waals surface area contributed by atoms with Crippen molar-refractivity contribution < 1.29 is 24.2 Å². The topological polar surface area (TPSA) is 166 Å². The number of methoxy groups -OCH3 is 1. The van der Waals surface area contributed by atoms with E-state index < -0.39 is 21.7 Å². The van der Waals surface area contributed by atoms with Crippen molar-refractivity contribution in [2.75, 3.05) is 27.7 Å². The number of nitrogens with one attached hydrogen (secondary N) is 2. The summed E-state index contributed by atoms with van der Waals surface area (Å²) in [4.78, 5) is 53.2. The van der Waals surface area contributed by atoms with Crippen LogP contribution in [0.25, 0.3) is 33.0 Å². The number of nitrogens with zero attached hydrogens (tertiary/aromatic N) is 4. The Morgan fingerprint density at radius 3 is 2.18 bits per heavy atom. The van der Waals surface area contributed by atoms with Crippen LogP contribution in [-0.2, 0) is 20.9 Å². The molecule has 13 nitrogen and oxygen atoms in total. The van der Waals surface area contributed by atoms with Gasteiger partial charge in [0, 0.05) is 83.2 Å². The van der Waals surface area contributed by atoms with E-state index in [9.17, 15) is 29.8 Å². The Hall–Kier alpha value is -4.88. The zero-order valence-electron chi connectivity index (χ0n) is 21.3. The maximum absolute atomic E-state index is 13.2. The molecule has 2 N–H and O–H groups in total. The molecule has 1 atom stereocenters. The van der Waals surface area contributed by atoms with Gasteiger partial charge < -0.3 is 19.2 Å². The summed E-state index contributed by atoms with van der Waals surface area (Å²) in [5, 5.41) is 26.1. The second-order valence-electron chi connectivity index (χ2n) is 9.50. The third kappa shape index (κ3) is 4.53. The zero-order chi connectivity index (χ0) is 28.0. The van der Waals surface area contributed by atoms with Gasteiger partial charge in [-0.3, -0.25) is 35.1 Å². The fourth-order valence-electron chi connectivity index (χ4n) is 4.98. The molecule has 0 saturated heterocycles. The van der Waals surface area contributed by atoms with Crippen LogP contribution in [0.2, 0.25) is 0 Å². The highest BCUT2D eigenvalue weighted by molar-refractivity contribution is 6.50. The number of hydrogen-bond donors (Lipinski definition) is 2. The van der Waals surface area contributed by atoms with Crippen LogP contribution in [0.4, 0.5) is 11.4 Å². The Morgan fingerprint density at radius 2 is 1.56 bits per heavy atom. The minimum Gasteiger partial charge on any atom is -0.378 e. The molecule has 1 aliphatic rings. The second kappa shape index (κ2) is 9.78. The van der Waals surface area contributed by atoms with Crippen LogP contribution in [0.1, 0.15) is 11.1 Å². The maximum atomic E-state index is 13.2. The van der Waals surface area contributed by atoms with E-state index in [-0.39, 0.29) is 28.6 Å². The number of benzene rings is 2. The van der Waals surface area contributed by atoms with Crippen LogP contribution in [0, 0.1) is 20.2 Å². The summed E-state index contributed by atoms with van der Waals surface area (Å²) in [5.74, 6) is -1.34. The van der Waals surface area contributed by atoms with Gasteiger partial charge in [-0.1, -0.05) is 0 Å². The van der Waals surface area contributed by atoms with Crippen molar-refractivity contribution in [2.45, 2.75) is 12.6 Å². The number of ether oxygens (including phenoxy) is 1. The second-order valence-corrected chi connectivity index (χ2v) is 9.50. The van der Waals surface area contributed by atoms with E-state index in [4.69, 9.17) is 4.74 Å². The molecule has 39 heavy (non-hydrogen) atoms. The number of carbonyl (C=O) groups is 2. The molecule has 4 aromatic rings. The number of non-ortho nitro benzene ring substituents is 2. The average Bonchev–Trinajstić information content (AvgIpc) is 3.54. The van der Waals surface area contributed by atoms with Crippen molar-refractivity contribution in [2.24, 2.45) is 0 Å². The Bertz CT molecular complexity index is 1710. The van der Waals surface area contributed by atoms with Crippen molar-refractivity contribution >= 4 is 56.1 Å². The van der Waals surface area contributed by atoms with E-state index in [0.717, 1.165) is 0 Å². The van der Waals surface area contributed by atoms with Crippen LogP contribution in [-0.4, -0.2) is 70.0 Å². The highest BCUT2D eigenvalue weighted by Gasteiger charge is 2.35. The number of imide groups is 1. The minimum atomic E-state index is -0.670. The Kier molecular flexibility index (Phi) is 6.46. The molecule has 3 heterocycles. The number of rotatable bonds is 9. The monoisotopic (exact) mass is 532 g/mol. The number of carbonyl (C=O) groups excluding carboxylic acids is 2. The molecule has 13 heteroatoms. The lowest BCUT2D eigenvalue weighted by molar-refractivity contribution is -0.384. The molecule has 2 aromatic heterocycles. The van der Waals surface area contributed by atoms with Gasteiger partial charge in [0.2, 0.25) is 0 Å². The summed E-state index contributed by atoms with van der Waals surface area (Å²) < 4.78 is 7.47. The van der Waals surface area contributed by atoms with Crippen molar-refractivity contribution in [3.63, 3.8) is 0 Å². The summed E-state index contributed by atoms with van der Waals surface area (Å²) in [6.45, 7) is 0.972. The molecule has 0 radical (unpaired) electrons. The Morgan fingerprint density at radius 1 is 0.949 bits per heavy atom. The highest BCUT2D eigenvalue weighted by atomic mass is 16.6. The number of aromatic nitrogens is 2. The van der Waals surface area contributed by atoms with Crippen molar-refractivity contribution in [1.82, 2.24) is 19.8 Å². The van der Waals surface area contributed by atoms with Crippen molar-refractivity contribution in [1.29, 1.82) is 0 Å². The van der Waals surface area contributed by atoms with E-state index in [1.54, 1.807) is 19.4 Å². The summed E-state index contributed by atoms with van der Waals surface area (Å²) in [5.41, 5.74) is 1.49. The normalized spacial score (nSPS) is 14.6. The van der Waals surface area contributed by atoms with Gasteiger partial charge >= 0.3 is 0 Å². The number of nitro groups is 2. The van der Waals surface area contributed by atoms with Crippen molar-refractivity contribution in [3.05, 3.63) is 80.1 Å². The number of nitro benzene ring substituents is 2. The van der Waals surface area contributed by atoms with E-state index in [1.807, 2.05) is 23.6 Å². The number of likely N-dealkylation sites (N-methyl/N-ethyl adjacent to an activating group) is 1. The van der Waals surface area contributed by atoms with Crippen LogP contribution in [0.15, 0.2) is 48.8 Å². The summed E-state index contributed by atoms with van der Waals surface area (Å²) in [6, 6.07) is 8.55. The molecule has 2 amide bonds. The number of aromatic amines is 1. The number of amides is 2. The van der Waals surface area contributed by atoms with E-state index in [1.165, 1.54) is 36.5 Å². The van der Waals surface area contributed by atoms with E-state index in [2.05, 4.69) is 10.3 Å². The lowest BCUT2D eigenvalue weighted by Gasteiger charge is -2.20. The first-order valence-electron chi connectivity index (χ1n) is 11.9. The summed E-state index contributed by atoms with van der Waals surface area (Å²) >= 11 is 0. The highest BCUT2D eigenvalue weighted by Crippen LogP contribution is 2.39. The Balaban J connectivity index is 1.77. The molecule has 0 bridgehead atoms. The zero-order valence-corrected chi connectivity index (χ0v) is 21.3. The smallest absolute Gasteiger partial charge is 0.270 e. The molecule has 0 fully saturated rings. The molecule has 2 aromatic carbocycles. The van der Waals surface area contributed by atoms with Gasteiger partial charge in [-0.25, -0.2) is 0 Å². The van der Waals surface area contributed by atoms with Gasteiger partial charge in [0.15, 0.2) is 0 Å². The molecule has 1 aliphatic heterocycles. The first-order chi connectivity index (χ1) is 18.6. The average molecular weight is 533 g/mol. The number of hydrogen-bond acceptors (Lipinski definition) is 8. The van der Waals surface area contributed by atoms with Crippen LogP contribution < -0.4 is 5.32 Å². The van der Waals surface area contributed by atoms with E-state index in [0.29, 0.717) is 46.0 Å². The molecule has 5 rings (SSSR count). The predicted octanol–water partition coefficient (Wildman–Crippen LogP) is 3.08.